The number of nitrogens with zero attached hydrogens (tertiary/aromatic N) is 2. The number of fused-ring (bicyclic) bond motifs is 1. The van der Waals surface area contributed by atoms with Gasteiger partial charge in [-0.05, 0) is 39.0 Å². The van der Waals surface area contributed by atoms with Gasteiger partial charge in [-0.15, -0.1) is 0 Å². The highest BCUT2D eigenvalue weighted by Gasteiger charge is 2.45. The lowest BCUT2D eigenvalue weighted by atomic mass is 10.1. The van der Waals surface area contributed by atoms with Gasteiger partial charge in [0.1, 0.15) is 0 Å². The average Bonchev–Trinajstić information content (AvgIpc) is 2.77. The molecule has 1 saturated heterocycles. The van der Waals surface area contributed by atoms with Crippen LogP contribution in [0.25, 0.3) is 10.9 Å². The van der Waals surface area contributed by atoms with Gasteiger partial charge in [-0.3, -0.25) is 4.79 Å². The van der Waals surface area contributed by atoms with Crippen LogP contribution >= 0.6 is 0 Å². The first-order valence-electron chi connectivity index (χ1n) is 7.45. The van der Waals surface area contributed by atoms with Gasteiger partial charge in [0.2, 0.25) is 0 Å². The van der Waals surface area contributed by atoms with E-state index in [1.165, 1.54) is 0 Å². The van der Waals surface area contributed by atoms with Crippen molar-refractivity contribution in [3.63, 3.8) is 0 Å². The van der Waals surface area contributed by atoms with Crippen molar-refractivity contribution in [2.45, 2.75) is 32.4 Å². The van der Waals surface area contributed by atoms with E-state index in [1.54, 1.807) is 30.0 Å². The lowest BCUT2D eigenvalue weighted by Gasteiger charge is -2.38. The third-order valence-electron chi connectivity index (χ3n) is 3.70. The Balaban J connectivity index is 1.79. The number of carbonyl (C=O) groups excluding carboxylic acids is 1. The minimum absolute atomic E-state index is 0.00970. The first-order chi connectivity index (χ1) is 10.7. The quantitative estimate of drug-likeness (QED) is 0.865. The van der Waals surface area contributed by atoms with Crippen molar-refractivity contribution in [3.8, 4) is 0 Å². The van der Waals surface area contributed by atoms with Gasteiger partial charge in [-0.2, -0.15) is 9.89 Å². The maximum atomic E-state index is 12.3. The Morgan fingerprint density at radius 1 is 1.35 bits per heavy atom. The lowest BCUT2D eigenvalue weighted by Crippen LogP contribution is -2.63. The summed E-state index contributed by atoms with van der Waals surface area (Å²) in [6.45, 7) is 5.78. The molecule has 0 bridgehead atoms. The van der Waals surface area contributed by atoms with Crippen molar-refractivity contribution in [1.29, 1.82) is 0 Å². The van der Waals surface area contributed by atoms with Gasteiger partial charge in [0.05, 0.1) is 28.8 Å². The summed E-state index contributed by atoms with van der Waals surface area (Å²) < 4.78 is 22.6. The Bertz CT molecular complexity index is 858. The van der Waals surface area contributed by atoms with Crippen LogP contribution in [0.15, 0.2) is 24.4 Å². The van der Waals surface area contributed by atoms with Crippen LogP contribution in [0, 0.1) is 0 Å². The molecule has 1 aromatic heterocycles. The molecule has 1 aliphatic heterocycles. The topological polar surface area (TPSA) is 93.1 Å². The van der Waals surface area contributed by atoms with Crippen molar-refractivity contribution in [1.82, 2.24) is 15.2 Å². The van der Waals surface area contributed by atoms with Gasteiger partial charge in [-0.1, -0.05) is 0 Å². The molecule has 7 nitrogen and oxygen atoms in total. The van der Waals surface area contributed by atoms with E-state index in [0.717, 1.165) is 10.9 Å². The minimum Gasteiger partial charge on any atom is -0.345 e. The molecule has 0 unspecified atom stereocenters. The Kier molecular flexibility index (Phi) is 3.59. The predicted octanol–water partition coefficient (Wildman–Crippen LogP) is 0.905. The van der Waals surface area contributed by atoms with E-state index in [-0.39, 0.29) is 23.5 Å². The number of sulfone groups is 1. The second kappa shape index (κ2) is 5.23. The van der Waals surface area contributed by atoms with E-state index in [1.807, 2.05) is 19.9 Å². The Hall–Kier alpha value is -2.09. The molecule has 0 aliphatic carbocycles. The fourth-order valence-electron chi connectivity index (χ4n) is 2.87. The van der Waals surface area contributed by atoms with Crippen LogP contribution in [0.1, 0.15) is 31.1 Å². The number of rotatable bonds is 4. The third kappa shape index (κ3) is 3.17. The molecule has 23 heavy (non-hydrogen) atoms. The summed E-state index contributed by atoms with van der Waals surface area (Å²) in [6, 6.07) is 5.54. The van der Waals surface area contributed by atoms with Gasteiger partial charge < -0.3 is 10.7 Å². The molecule has 0 radical (unpaired) electrons. The van der Waals surface area contributed by atoms with Crippen molar-refractivity contribution < 1.29 is 13.2 Å². The van der Waals surface area contributed by atoms with Crippen molar-refractivity contribution in [2.75, 3.05) is 16.9 Å². The summed E-state index contributed by atoms with van der Waals surface area (Å²) in [6.07, 6.45) is 1.69. The molecular formula is C15H20N4O3S. The number of benzene rings is 1. The summed E-state index contributed by atoms with van der Waals surface area (Å²) >= 11 is 0. The Labute approximate surface area is 134 Å². The summed E-state index contributed by atoms with van der Waals surface area (Å²) in [5.41, 5.74) is 3.88. The van der Waals surface area contributed by atoms with Gasteiger partial charge in [0.25, 0.3) is 5.91 Å². The fourth-order valence-corrected chi connectivity index (χ4v) is 4.87. The van der Waals surface area contributed by atoms with Crippen molar-refractivity contribution in [3.05, 3.63) is 30.0 Å². The molecule has 124 valence electrons. The number of hydrogen-bond donors (Lipinski definition) is 2. The number of carbonyl (C=O) groups is 1. The monoisotopic (exact) mass is 336 g/mol. The standard InChI is InChI=1S/C15H20N4O3S/c1-10(2)18-19-13-5-4-11(6-12(13)7-16-19)14(20)17-15(3)8-23(21,22)9-15/h4-7,10,18H,8-9H2,1-3H3,(H,17,20). The predicted molar refractivity (Wildman–Crippen MR) is 88.8 cm³/mol. The number of amides is 1. The molecule has 2 N–H and O–H groups in total. The zero-order valence-corrected chi connectivity index (χ0v) is 14.1. The molecule has 1 amide bonds. The zero-order chi connectivity index (χ0) is 16.8. The van der Waals surface area contributed by atoms with E-state index in [9.17, 15) is 13.2 Å². The van der Waals surface area contributed by atoms with Crippen LogP contribution in [-0.2, 0) is 9.84 Å². The lowest BCUT2D eigenvalue weighted by molar-refractivity contribution is 0.0917. The molecule has 0 atom stereocenters. The van der Waals surface area contributed by atoms with E-state index < -0.39 is 15.4 Å². The molecular weight excluding hydrogens is 316 g/mol. The highest BCUT2D eigenvalue weighted by molar-refractivity contribution is 7.93. The molecule has 1 aliphatic rings. The minimum atomic E-state index is -3.00. The highest BCUT2D eigenvalue weighted by atomic mass is 32.2. The summed E-state index contributed by atoms with van der Waals surface area (Å²) in [5, 5.41) is 7.90. The molecule has 3 rings (SSSR count). The van der Waals surface area contributed by atoms with Crippen LogP contribution in [0.4, 0.5) is 0 Å². The van der Waals surface area contributed by atoms with Gasteiger partial charge >= 0.3 is 0 Å². The van der Waals surface area contributed by atoms with Crippen molar-refractivity contribution in [2.24, 2.45) is 0 Å². The normalized spacial score (nSPS) is 18.6. The van der Waals surface area contributed by atoms with Crippen LogP contribution < -0.4 is 10.7 Å². The van der Waals surface area contributed by atoms with E-state index >= 15 is 0 Å². The number of hydrogen-bond acceptors (Lipinski definition) is 5. The van der Waals surface area contributed by atoms with E-state index in [0.29, 0.717) is 5.56 Å². The number of aromatic nitrogens is 2. The molecule has 2 heterocycles. The first kappa shape index (κ1) is 15.8. The summed E-state index contributed by atoms with van der Waals surface area (Å²) in [5.74, 6) is -0.289. The maximum absolute atomic E-state index is 12.3. The van der Waals surface area contributed by atoms with Gasteiger partial charge in [0.15, 0.2) is 9.84 Å². The molecule has 1 aromatic carbocycles. The zero-order valence-electron chi connectivity index (χ0n) is 13.3. The van der Waals surface area contributed by atoms with E-state index in [4.69, 9.17) is 0 Å². The maximum Gasteiger partial charge on any atom is 0.251 e. The second-order valence-corrected chi connectivity index (χ2v) is 8.73. The Morgan fingerprint density at radius 2 is 2.04 bits per heavy atom. The molecule has 2 aromatic rings. The fraction of sp³-hybridized carbons (Fsp3) is 0.467. The van der Waals surface area contributed by atoms with Gasteiger partial charge in [0, 0.05) is 17.0 Å². The van der Waals surface area contributed by atoms with E-state index in [2.05, 4.69) is 15.8 Å². The average molecular weight is 336 g/mol. The molecule has 0 spiro atoms. The third-order valence-corrected chi connectivity index (χ3v) is 5.86. The first-order valence-corrected chi connectivity index (χ1v) is 9.27. The van der Waals surface area contributed by atoms with Crippen molar-refractivity contribution >= 4 is 26.6 Å². The van der Waals surface area contributed by atoms with Crippen LogP contribution in [0.3, 0.4) is 0 Å². The second-order valence-electron chi connectivity index (χ2n) is 6.66. The molecule has 0 saturated carbocycles. The molecule has 8 heteroatoms. The van der Waals surface area contributed by atoms with Gasteiger partial charge in [-0.25, -0.2) is 8.42 Å². The van der Waals surface area contributed by atoms with Crippen LogP contribution in [0.2, 0.25) is 0 Å². The van der Waals surface area contributed by atoms with Crippen LogP contribution in [-0.4, -0.2) is 47.3 Å². The SMILES string of the molecule is CC(C)Nn1ncc2cc(C(=O)NC3(C)CS(=O)(=O)C3)ccc21. The smallest absolute Gasteiger partial charge is 0.251 e. The van der Waals surface area contributed by atoms with Crippen LogP contribution in [0.5, 0.6) is 0 Å². The molecule has 1 fully saturated rings. The summed E-state index contributed by atoms with van der Waals surface area (Å²) in [7, 11) is -3.00. The highest BCUT2D eigenvalue weighted by Crippen LogP contribution is 2.24. The number of nitrogens with one attached hydrogen (secondary N) is 2. The Morgan fingerprint density at radius 3 is 2.65 bits per heavy atom. The largest absolute Gasteiger partial charge is 0.345 e. The summed E-state index contributed by atoms with van der Waals surface area (Å²) in [4.78, 5) is 14.0.